The zero-order valence-electron chi connectivity index (χ0n) is 33.9. The number of carbonyl (C=O) groups is 6. The summed E-state index contributed by atoms with van der Waals surface area (Å²) in [4.78, 5) is 82.3. The van der Waals surface area contributed by atoms with Crippen LogP contribution in [0.5, 0.6) is 0 Å². The fraction of sp³-hybridized carbons (Fsp3) is 0.500. The molecule has 0 bridgehead atoms. The molecule has 1 heterocycles. The highest BCUT2D eigenvalue weighted by Crippen LogP contribution is 2.11. The summed E-state index contributed by atoms with van der Waals surface area (Å²) in [5.74, 6) is -4.29. The van der Waals surface area contributed by atoms with Crippen molar-refractivity contribution < 1.29 is 43.7 Å². The second-order valence-corrected chi connectivity index (χ2v) is 14.7. The largest absolute Gasteiger partial charge is 0.677 e. The molecule has 0 aliphatic heterocycles. The van der Waals surface area contributed by atoms with E-state index in [9.17, 15) is 33.9 Å². The van der Waals surface area contributed by atoms with Crippen LogP contribution in [0.2, 0.25) is 0 Å². The van der Waals surface area contributed by atoms with E-state index >= 15 is 0 Å². The first-order valence-corrected chi connectivity index (χ1v) is 19.7. The second-order valence-electron chi connectivity index (χ2n) is 14.7. The highest BCUT2D eigenvalue weighted by molar-refractivity contribution is 5.95. The molecule has 0 fully saturated rings. The Balaban J connectivity index is 0.000000918. The van der Waals surface area contributed by atoms with Gasteiger partial charge < -0.3 is 46.9 Å². The molecule has 318 valence electrons. The fourth-order valence-electron chi connectivity index (χ4n) is 5.74. The minimum atomic E-state index is -1.19. The number of hydrogen-bond donors (Lipinski definition) is 7. The summed E-state index contributed by atoms with van der Waals surface area (Å²) >= 11 is 0. The SMILES string of the molecule is CC(C)C[C@H](NC(=O)[C@H](Cc1cnc[nH]1)NC(=O)[C@H](Cc1ccccc1)NC(=O)OCc1ccccc1)C(=O)N[C@H](C(=O)O)C(C)C.[NH-]CCCCCCCC(=O)O. The van der Waals surface area contributed by atoms with Crippen molar-refractivity contribution >= 4 is 35.8 Å². The Labute approximate surface area is 340 Å². The Bertz CT molecular complexity index is 1670. The molecule has 8 N–H and O–H groups in total. The molecule has 0 spiro atoms. The van der Waals surface area contributed by atoms with Gasteiger partial charge in [0.2, 0.25) is 17.7 Å². The molecule has 3 aromatic rings. The van der Waals surface area contributed by atoms with Gasteiger partial charge in [0.1, 0.15) is 30.8 Å². The van der Waals surface area contributed by atoms with Crippen molar-refractivity contribution in [2.45, 2.75) is 116 Å². The molecule has 0 aliphatic rings. The van der Waals surface area contributed by atoms with Crippen LogP contribution in [0.3, 0.4) is 0 Å². The van der Waals surface area contributed by atoms with Crippen LogP contribution in [-0.4, -0.2) is 86.6 Å². The molecule has 16 heteroatoms. The van der Waals surface area contributed by atoms with Gasteiger partial charge in [-0.3, -0.25) is 19.2 Å². The van der Waals surface area contributed by atoms with Gasteiger partial charge in [-0.05, 0) is 35.8 Å². The Hall–Kier alpha value is -5.77. The van der Waals surface area contributed by atoms with Crippen molar-refractivity contribution in [3.8, 4) is 0 Å². The summed E-state index contributed by atoms with van der Waals surface area (Å²) in [6.45, 7) is 7.56. The van der Waals surface area contributed by atoms with Gasteiger partial charge in [-0.25, -0.2) is 14.6 Å². The molecular formula is C42H60N7O9-. The van der Waals surface area contributed by atoms with E-state index in [0.29, 0.717) is 18.7 Å². The first-order valence-electron chi connectivity index (χ1n) is 19.7. The number of unbranched alkanes of at least 4 members (excludes halogenated alkanes) is 4. The van der Waals surface area contributed by atoms with E-state index in [1.807, 2.05) is 50.2 Å². The van der Waals surface area contributed by atoms with Gasteiger partial charge in [-0.15, -0.1) is 0 Å². The lowest BCUT2D eigenvalue weighted by molar-refractivity contribution is -0.143. The van der Waals surface area contributed by atoms with E-state index in [1.165, 1.54) is 12.5 Å². The lowest BCUT2D eigenvalue weighted by Gasteiger charge is -2.27. The molecule has 0 aliphatic carbocycles. The van der Waals surface area contributed by atoms with Crippen LogP contribution in [0.15, 0.2) is 73.2 Å². The van der Waals surface area contributed by atoms with Gasteiger partial charge in [0, 0.05) is 31.2 Å². The third-order valence-electron chi connectivity index (χ3n) is 8.85. The number of ether oxygens (including phenoxy) is 1. The van der Waals surface area contributed by atoms with Crippen molar-refractivity contribution in [2.75, 3.05) is 6.54 Å². The quantitative estimate of drug-likeness (QED) is 0.0583. The fourth-order valence-corrected chi connectivity index (χ4v) is 5.74. The first kappa shape index (κ1) is 48.4. The van der Waals surface area contributed by atoms with Gasteiger partial charge >= 0.3 is 18.0 Å². The van der Waals surface area contributed by atoms with E-state index in [4.69, 9.17) is 15.6 Å². The molecule has 0 radical (unpaired) electrons. The number of nitrogens with zero attached hydrogens (tertiary/aromatic N) is 1. The number of carboxylic acid groups (broad SMARTS) is 2. The van der Waals surface area contributed by atoms with Crippen LogP contribution < -0.4 is 21.3 Å². The predicted molar refractivity (Wildman–Crippen MR) is 218 cm³/mol. The van der Waals surface area contributed by atoms with Crippen LogP contribution in [0.25, 0.3) is 5.73 Å². The van der Waals surface area contributed by atoms with Gasteiger partial charge in [-0.2, -0.15) is 6.54 Å². The lowest BCUT2D eigenvalue weighted by atomic mass is 9.99. The molecule has 58 heavy (non-hydrogen) atoms. The molecule has 4 atom stereocenters. The van der Waals surface area contributed by atoms with Crippen molar-refractivity contribution in [1.29, 1.82) is 0 Å². The van der Waals surface area contributed by atoms with E-state index in [2.05, 4.69) is 31.2 Å². The van der Waals surface area contributed by atoms with Crippen molar-refractivity contribution in [2.24, 2.45) is 11.8 Å². The normalized spacial score (nSPS) is 12.9. The lowest BCUT2D eigenvalue weighted by Crippen LogP contribution is -2.59. The van der Waals surface area contributed by atoms with Gasteiger partial charge in [0.05, 0.1) is 6.33 Å². The van der Waals surface area contributed by atoms with Crippen LogP contribution in [0, 0.1) is 11.8 Å². The van der Waals surface area contributed by atoms with E-state index in [1.54, 1.807) is 38.1 Å². The number of alkyl carbamates (subject to hydrolysis) is 1. The monoisotopic (exact) mass is 806 g/mol. The Kier molecular flexibility index (Phi) is 22.5. The third kappa shape index (κ3) is 19.9. The van der Waals surface area contributed by atoms with E-state index < -0.39 is 65.8 Å². The number of benzene rings is 2. The Morgan fingerprint density at radius 1 is 0.707 bits per heavy atom. The molecule has 16 nitrogen and oxygen atoms in total. The minimum Gasteiger partial charge on any atom is -0.677 e. The number of H-pyrrole nitrogens is 1. The summed E-state index contributed by atoms with van der Waals surface area (Å²) in [5.41, 5.74) is 8.93. The summed E-state index contributed by atoms with van der Waals surface area (Å²) in [5, 5.41) is 28.5. The van der Waals surface area contributed by atoms with Crippen LogP contribution >= 0.6 is 0 Å². The zero-order valence-corrected chi connectivity index (χ0v) is 33.9. The number of hydrogen-bond acceptors (Lipinski definition) is 8. The Morgan fingerprint density at radius 2 is 1.26 bits per heavy atom. The minimum absolute atomic E-state index is 0.00392. The van der Waals surface area contributed by atoms with Crippen LogP contribution in [-0.2, 0) is 48.2 Å². The molecule has 0 unspecified atom stereocenters. The summed E-state index contributed by atoms with van der Waals surface area (Å²) in [6, 6.07) is 13.6. The maximum Gasteiger partial charge on any atom is 0.408 e. The van der Waals surface area contributed by atoms with E-state index in [-0.39, 0.29) is 31.8 Å². The maximum atomic E-state index is 13.8. The molecule has 4 amide bonds. The van der Waals surface area contributed by atoms with Crippen molar-refractivity contribution in [1.82, 2.24) is 31.2 Å². The van der Waals surface area contributed by atoms with Crippen molar-refractivity contribution in [3.63, 3.8) is 0 Å². The standard InChI is InChI=1S/C34H44N6O7.C8H16NO2/c1-21(2)15-26(32(43)40-29(22(3)4)33(44)45)37-31(42)28(17-25-18-35-20-36-25)38-30(41)27(16-23-11-7-5-8-12-23)39-34(46)47-19-24-13-9-6-10-14-24;9-7-5-3-1-2-4-6-8(10)11/h5-14,18,20-22,26-29H,15-17,19H2,1-4H3,(H,35,36)(H,37,42)(H,38,41)(H,39,46)(H,40,43)(H,44,45);9H,1-7H2,(H,10,11)/q;-1/t26-,27-,28-,29-;/m0./s1. The molecular weight excluding hydrogens is 747 g/mol. The maximum absolute atomic E-state index is 13.8. The summed E-state index contributed by atoms with van der Waals surface area (Å²) in [7, 11) is 0. The average Bonchev–Trinajstić information content (AvgIpc) is 3.70. The van der Waals surface area contributed by atoms with E-state index in [0.717, 1.165) is 43.2 Å². The zero-order chi connectivity index (χ0) is 42.9. The first-order chi connectivity index (χ1) is 27.7. The van der Waals surface area contributed by atoms with Gasteiger partial charge in [0.25, 0.3) is 0 Å². The molecule has 0 saturated heterocycles. The third-order valence-corrected chi connectivity index (χ3v) is 8.85. The number of imidazole rings is 1. The van der Waals surface area contributed by atoms with Crippen molar-refractivity contribution in [3.05, 3.63) is 95.7 Å². The smallest absolute Gasteiger partial charge is 0.408 e. The molecule has 1 aromatic heterocycles. The predicted octanol–water partition coefficient (Wildman–Crippen LogP) is 5.19. The summed E-state index contributed by atoms with van der Waals surface area (Å²) in [6.07, 6.45) is 7.61. The summed E-state index contributed by atoms with van der Waals surface area (Å²) < 4.78 is 5.36. The highest BCUT2D eigenvalue weighted by Gasteiger charge is 2.33. The van der Waals surface area contributed by atoms with Gasteiger partial charge in [-0.1, -0.05) is 114 Å². The highest BCUT2D eigenvalue weighted by atomic mass is 16.5. The number of aliphatic carboxylic acids is 2. The number of nitrogens with one attached hydrogen (secondary N) is 6. The molecule has 3 rings (SSSR count). The average molecular weight is 807 g/mol. The van der Waals surface area contributed by atoms with Crippen LogP contribution in [0.1, 0.15) is 89.5 Å². The number of carboxylic acids is 2. The van der Waals surface area contributed by atoms with Crippen LogP contribution in [0.4, 0.5) is 4.79 Å². The Morgan fingerprint density at radius 3 is 1.79 bits per heavy atom. The second kappa shape index (κ2) is 27.0. The number of aromatic nitrogens is 2. The number of rotatable bonds is 24. The topological polar surface area (TPSA) is 253 Å². The molecule has 0 saturated carbocycles. The number of amides is 4. The van der Waals surface area contributed by atoms with Gasteiger partial charge in [0.15, 0.2) is 0 Å². The number of aromatic amines is 1. The number of carbonyl (C=O) groups excluding carboxylic acids is 4. The molecule has 2 aromatic carbocycles.